The molecule has 0 aliphatic rings. The first-order chi connectivity index (χ1) is 8.99. The van der Waals surface area contributed by atoms with Crippen molar-refractivity contribution in [3.63, 3.8) is 0 Å². The smallest absolute Gasteiger partial charge is 0.255 e. The molecule has 0 spiro atoms. The van der Waals surface area contributed by atoms with Crippen molar-refractivity contribution in [1.29, 1.82) is 0 Å². The predicted octanol–water partition coefficient (Wildman–Crippen LogP) is 0.696. The van der Waals surface area contributed by atoms with Gasteiger partial charge in [0.25, 0.3) is 5.91 Å². The molecule has 104 valence electrons. The number of likely N-dealkylation sites (N-methyl/N-ethyl adjacent to an activating group) is 1. The monoisotopic (exact) mass is 266 g/mol. The number of rotatable bonds is 5. The van der Waals surface area contributed by atoms with Crippen LogP contribution in [0.1, 0.15) is 24.2 Å². The van der Waals surface area contributed by atoms with Gasteiger partial charge in [0.1, 0.15) is 11.5 Å². The number of carbonyl (C=O) groups is 2. The second kappa shape index (κ2) is 6.63. The van der Waals surface area contributed by atoms with Crippen molar-refractivity contribution in [3.05, 3.63) is 23.8 Å². The van der Waals surface area contributed by atoms with Crippen LogP contribution in [0.5, 0.6) is 11.5 Å². The fraction of sp³-hybridized carbons (Fsp3) is 0.385. The van der Waals surface area contributed by atoms with E-state index >= 15 is 0 Å². The molecule has 0 saturated heterocycles. The van der Waals surface area contributed by atoms with Crippen molar-refractivity contribution in [2.45, 2.75) is 13.8 Å². The first kappa shape index (κ1) is 14.8. The molecule has 3 N–H and O–H groups in total. The third-order valence-corrected chi connectivity index (χ3v) is 2.74. The minimum Gasteiger partial charge on any atom is -0.508 e. The van der Waals surface area contributed by atoms with Gasteiger partial charge in [-0.3, -0.25) is 9.59 Å². The first-order valence-electron chi connectivity index (χ1n) is 6.07. The Hall–Kier alpha value is -2.24. The third-order valence-electron chi connectivity index (χ3n) is 2.74. The molecular formula is C13H18N2O4. The van der Waals surface area contributed by atoms with Gasteiger partial charge in [0.05, 0.1) is 12.1 Å². The SMILES string of the molecule is CCN(CC)C(=O)CNC(=O)c1cc(O)ccc1O. The van der Waals surface area contributed by atoms with E-state index in [0.717, 1.165) is 6.07 Å². The maximum atomic E-state index is 11.8. The molecule has 0 aliphatic carbocycles. The fourth-order valence-corrected chi connectivity index (χ4v) is 1.65. The van der Waals surface area contributed by atoms with Gasteiger partial charge in [-0.15, -0.1) is 0 Å². The molecule has 0 radical (unpaired) electrons. The summed E-state index contributed by atoms with van der Waals surface area (Å²) >= 11 is 0. The average molecular weight is 266 g/mol. The number of aromatic hydroxyl groups is 2. The number of phenolic OH excluding ortho intramolecular Hbond substituents is 2. The molecule has 1 aromatic carbocycles. The molecule has 0 aromatic heterocycles. The lowest BCUT2D eigenvalue weighted by Gasteiger charge is -2.18. The Morgan fingerprint density at radius 3 is 2.42 bits per heavy atom. The lowest BCUT2D eigenvalue weighted by molar-refractivity contribution is -0.129. The van der Waals surface area contributed by atoms with Crippen molar-refractivity contribution in [1.82, 2.24) is 10.2 Å². The van der Waals surface area contributed by atoms with Gasteiger partial charge in [0.2, 0.25) is 5.91 Å². The Morgan fingerprint density at radius 2 is 1.84 bits per heavy atom. The van der Waals surface area contributed by atoms with Crippen LogP contribution in [0.2, 0.25) is 0 Å². The van der Waals surface area contributed by atoms with Crippen LogP contribution in [0.15, 0.2) is 18.2 Å². The molecule has 6 heteroatoms. The molecule has 0 heterocycles. The maximum absolute atomic E-state index is 11.8. The van der Waals surface area contributed by atoms with Crippen LogP contribution in [0.4, 0.5) is 0 Å². The Bertz CT molecular complexity index is 470. The summed E-state index contributed by atoms with van der Waals surface area (Å²) in [5.41, 5.74) is -0.0626. The van der Waals surface area contributed by atoms with E-state index in [-0.39, 0.29) is 29.5 Å². The highest BCUT2D eigenvalue weighted by Gasteiger charge is 2.15. The Labute approximate surface area is 111 Å². The Morgan fingerprint density at radius 1 is 1.21 bits per heavy atom. The van der Waals surface area contributed by atoms with Gasteiger partial charge in [-0.25, -0.2) is 0 Å². The van der Waals surface area contributed by atoms with E-state index in [9.17, 15) is 19.8 Å². The Kier molecular flexibility index (Phi) is 5.17. The summed E-state index contributed by atoms with van der Waals surface area (Å²) in [6.45, 7) is 4.70. The summed E-state index contributed by atoms with van der Waals surface area (Å²) in [6.07, 6.45) is 0. The van der Waals surface area contributed by atoms with Gasteiger partial charge in [-0.2, -0.15) is 0 Å². The topological polar surface area (TPSA) is 89.9 Å². The van der Waals surface area contributed by atoms with Gasteiger partial charge in [0.15, 0.2) is 0 Å². The van der Waals surface area contributed by atoms with Crippen LogP contribution in [-0.2, 0) is 4.79 Å². The highest BCUT2D eigenvalue weighted by atomic mass is 16.3. The highest BCUT2D eigenvalue weighted by molar-refractivity contribution is 5.99. The number of nitrogens with zero attached hydrogens (tertiary/aromatic N) is 1. The van der Waals surface area contributed by atoms with E-state index in [1.807, 2.05) is 13.8 Å². The molecule has 0 unspecified atom stereocenters. The maximum Gasteiger partial charge on any atom is 0.255 e. The number of carbonyl (C=O) groups excluding carboxylic acids is 2. The van der Waals surface area contributed by atoms with E-state index in [0.29, 0.717) is 13.1 Å². The molecule has 0 saturated carbocycles. The normalized spacial score (nSPS) is 10.0. The van der Waals surface area contributed by atoms with Crippen LogP contribution < -0.4 is 5.32 Å². The van der Waals surface area contributed by atoms with Gasteiger partial charge < -0.3 is 20.4 Å². The van der Waals surface area contributed by atoms with Crippen LogP contribution >= 0.6 is 0 Å². The summed E-state index contributed by atoms with van der Waals surface area (Å²) in [4.78, 5) is 25.0. The number of hydrogen-bond donors (Lipinski definition) is 3. The zero-order chi connectivity index (χ0) is 14.4. The zero-order valence-corrected chi connectivity index (χ0v) is 11.0. The molecule has 1 rings (SSSR count). The van der Waals surface area contributed by atoms with Crippen LogP contribution in [-0.4, -0.2) is 46.6 Å². The van der Waals surface area contributed by atoms with E-state index in [2.05, 4.69) is 5.32 Å². The average Bonchev–Trinajstić information content (AvgIpc) is 2.40. The molecule has 6 nitrogen and oxygen atoms in total. The number of nitrogens with one attached hydrogen (secondary N) is 1. The van der Waals surface area contributed by atoms with Crippen LogP contribution in [0.3, 0.4) is 0 Å². The Balaban J connectivity index is 2.65. The standard InChI is InChI=1S/C13H18N2O4/c1-3-15(4-2)12(18)8-14-13(19)10-7-9(16)5-6-11(10)17/h5-7,16-17H,3-4,8H2,1-2H3,(H,14,19). The molecule has 0 bridgehead atoms. The van der Waals surface area contributed by atoms with Crippen molar-refractivity contribution < 1.29 is 19.8 Å². The van der Waals surface area contributed by atoms with E-state index < -0.39 is 5.91 Å². The van der Waals surface area contributed by atoms with Crippen molar-refractivity contribution in [2.24, 2.45) is 0 Å². The van der Waals surface area contributed by atoms with Gasteiger partial charge in [0, 0.05) is 13.1 Å². The minimum absolute atomic E-state index is 0.0626. The number of benzene rings is 1. The van der Waals surface area contributed by atoms with Crippen LogP contribution in [0.25, 0.3) is 0 Å². The summed E-state index contributed by atoms with van der Waals surface area (Å²) < 4.78 is 0. The predicted molar refractivity (Wildman–Crippen MR) is 70.0 cm³/mol. The van der Waals surface area contributed by atoms with Crippen molar-refractivity contribution >= 4 is 11.8 Å². The van der Waals surface area contributed by atoms with Crippen molar-refractivity contribution in [3.8, 4) is 11.5 Å². The quantitative estimate of drug-likeness (QED) is 0.684. The lowest BCUT2D eigenvalue weighted by Crippen LogP contribution is -2.40. The molecule has 0 atom stereocenters. The second-order valence-corrected chi connectivity index (χ2v) is 3.95. The number of amides is 2. The lowest BCUT2D eigenvalue weighted by atomic mass is 10.2. The second-order valence-electron chi connectivity index (χ2n) is 3.95. The van der Waals surface area contributed by atoms with Gasteiger partial charge >= 0.3 is 0 Å². The van der Waals surface area contributed by atoms with E-state index in [4.69, 9.17) is 0 Å². The molecule has 1 aromatic rings. The summed E-state index contributed by atoms with van der Waals surface area (Å²) in [5, 5.41) is 21.2. The van der Waals surface area contributed by atoms with Gasteiger partial charge in [-0.05, 0) is 32.0 Å². The van der Waals surface area contributed by atoms with Crippen molar-refractivity contribution in [2.75, 3.05) is 19.6 Å². The fourth-order valence-electron chi connectivity index (χ4n) is 1.65. The minimum atomic E-state index is -0.603. The third kappa shape index (κ3) is 3.87. The largest absolute Gasteiger partial charge is 0.508 e. The molecular weight excluding hydrogens is 248 g/mol. The number of hydrogen-bond acceptors (Lipinski definition) is 4. The molecule has 19 heavy (non-hydrogen) atoms. The number of phenols is 2. The van der Waals surface area contributed by atoms with Gasteiger partial charge in [-0.1, -0.05) is 0 Å². The summed E-state index contributed by atoms with van der Waals surface area (Å²) in [7, 11) is 0. The summed E-state index contributed by atoms with van der Waals surface area (Å²) in [5.74, 6) is -1.17. The molecule has 2 amide bonds. The zero-order valence-electron chi connectivity index (χ0n) is 11.0. The van der Waals surface area contributed by atoms with Crippen LogP contribution in [0, 0.1) is 0 Å². The highest BCUT2D eigenvalue weighted by Crippen LogP contribution is 2.21. The first-order valence-corrected chi connectivity index (χ1v) is 6.07. The van der Waals surface area contributed by atoms with E-state index in [1.165, 1.54) is 12.1 Å². The summed E-state index contributed by atoms with van der Waals surface area (Å²) in [6, 6.07) is 3.64. The molecule has 0 fully saturated rings. The van der Waals surface area contributed by atoms with E-state index in [1.54, 1.807) is 4.90 Å². The molecule has 0 aliphatic heterocycles.